The molecule has 0 aliphatic carbocycles. The van der Waals surface area contributed by atoms with Gasteiger partial charge in [-0.2, -0.15) is 0 Å². The normalized spacial score (nSPS) is 13.8. The molecule has 4 aromatic rings. The summed E-state index contributed by atoms with van der Waals surface area (Å²) in [5, 5.41) is 7.29. The summed E-state index contributed by atoms with van der Waals surface area (Å²) in [6, 6.07) is 17.9. The summed E-state index contributed by atoms with van der Waals surface area (Å²) in [5.74, 6) is 0.706. The Morgan fingerprint density at radius 1 is 1.14 bits per heavy atom. The molecule has 3 aromatic carbocycles. The van der Waals surface area contributed by atoms with Gasteiger partial charge in [0.25, 0.3) is 11.8 Å². The van der Waals surface area contributed by atoms with E-state index in [1.54, 1.807) is 43.5 Å². The lowest BCUT2D eigenvalue weighted by Gasteiger charge is -2.20. The maximum atomic E-state index is 12.7. The van der Waals surface area contributed by atoms with Crippen LogP contribution in [0.3, 0.4) is 0 Å². The first-order valence-corrected chi connectivity index (χ1v) is 11.4. The highest BCUT2D eigenvalue weighted by atomic mass is 35.5. The van der Waals surface area contributed by atoms with Crippen molar-refractivity contribution in [3.63, 3.8) is 0 Å². The van der Waals surface area contributed by atoms with Gasteiger partial charge in [-0.3, -0.25) is 9.59 Å². The zero-order valence-electron chi connectivity index (χ0n) is 18.9. The molecule has 3 N–H and O–H groups in total. The largest absolute Gasteiger partial charge is 0.497 e. The van der Waals surface area contributed by atoms with Gasteiger partial charge in [-0.1, -0.05) is 29.8 Å². The van der Waals surface area contributed by atoms with Crippen LogP contribution >= 0.6 is 11.6 Å². The van der Waals surface area contributed by atoms with Crippen molar-refractivity contribution in [3.8, 4) is 11.5 Å². The van der Waals surface area contributed by atoms with Gasteiger partial charge in [0.1, 0.15) is 5.75 Å². The number of fused-ring (bicyclic) bond motifs is 2. The molecule has 0 spiro atoms. The third kappa shape index (κ3) is 4.72. The maximum absolute atomic E-state index is 12.7. The van der Waals surface area contributed by atoms with Crippen molar-refractivity contribution < 1.29 is 19.1 Å². The quantitative estimate of drug-likeness (QED) is 0.327. The molecule has 0 saturated carbocycles. The number of benzene rings is 3. The van der Waals surface area contributed by atoms with Crippen molar-refractivity contribution in [2.75, 3.05) is 19.0 Å². The van der Waals surface area contributed by atoms with Gasteiger partial charge in [0.15, 0.2) is 11.5 Å². The van der Waals surface area contributed by atoms with Crippen LogP contribution in [0.4, 0.5) is 5.69 Å². The third-order valence-electron chi connectivity index (χ3n) is 5.78. The second-order valence-corrected chi connectivity index (χ2v) is 8.44. The topological polar surface area (TPSA) is 92.5 Å². The Balaban J connectivity index is 1.25. The fourth-order valence-electron chi connectivity index (χ4n) is 3.94. The molecule has 5 rings (SSSR count). The fourth-order valence-corrected chi connectivity index (χ4v) is 4.13. The first-order valence-electron chi connectivity index (χ1n) is 11.0. The summed E-state index contributed by atoms with van der Waals surface area (Å²) in [6.45, 7) is 0.452. The Morgan fingerprint density at radius 2 is 2.00 bits per heavy atom. The van der Waals surface area contributed by atoms with Crippen LogP contribution in [0.15, 0.2) is 72.6 Å². The number of carbonyl (C=O) groups excluding carboxylic acids is 2. The monoisotopic (exact) mass is 487 g/mol. The van der Waals surface area contributed by atoms with Crippen LogP contribution in [0.2, 0.25) is 5.02 Å². The molecule has 0 atom stereocenters. The highest BCUT2D eigenvalue weighted by Gasteiger charge is 2.23. The number of aromatic nitrogens is 1. The van der Waals surface area contributed by atoms with E-state index in [1.165, 1.54) is 0 Å². The Labute approximate surface area is 206 Å². The lowest BCUT2D eigenvalue weighted by Crippen LogP contribution is -2.27. The lowest BCUT2D eigenvalue weighted by atomic mass is 10.1. The molecule has 0 unspecified atom stereocenters. The summed E-state index contributed by atoms with van der Waals surface area (Å²) in [5.41, 5.74) is 3.63. The van der Waals surface area contributed by atoms with Gasteiger partial charge >= 0.3 is 0 Å². The molecule has 0 saturated heterocycles. The van der Waals surface area contributed by atoms with Crippen molar-refractivity contribution in [2.45, 2.75) is 6.42 Å². The second-order valence-electron chi connectivity index (χ2n) is 8.03. The Kier molecular flexibility index (Phi) is 6.16. The average molecular weight is 488 g/mol. The number of methoxy groups -OCH3 is 1. The molecular weight excluding hydrogens is 466 g/mol. The molecule has 1 aliphatic heterocycles. The molecule has 1 aromatic heterocycles. The summed E-state index contributed by atoms with van der Waals surface area (Å²) in [7, 11) is 1.63. The zero-order valence-corrected chi connectivity index (χ0v) is 19.6. The molecule has 0 radical (unpaired) electrons. The van der Waals surface area contributed by atoms with E-state index in [9.17, 15) is 9.59 Å². The number of hydrogen-bond acceptors (Lipinski definition) is 4. The molecule has 8 heteroatoms. The minimum Gasteiger partial charge on any atom is -0.497 e. The number of amides is 2. The third-order valence-corrected chi connectivity index (χ3v) is 6.12. The van der Waals surface area contributed by atoms with Gasteiger partial charge in [-0.25, -0.2) is 0 Å². The van der Waals surface area contributed by atoms with Crippen LogP contribution in [0.1, 0.15) is 21.5 Å². The van der Waals surface area contributed by atoms with Gasteiger partial charge < -0.3 is 25.1 Å². The van der Waals surface area contributed by atoms with Gasteiger partial charge in [-0.05, 0) is 66.1 Å². The summed E-state index contributed by atoms with van der Waals surface area (Å²) < 4.78 is 11.1. The van der Waals surface area contributed by atoms with Crippen LogP contribution in [0.25, 0.3) is 17.0 Å². The molecule has 176 valence electrons. The van der Waals surface area contributed by atoms with Gasteiger partial charge in [-0.15, -0.1) is 0 Å². The number of H-pyrrole nitrogens is 1. The SMILES string of the molecule is COc1ccc2[nH]cc(CCNC(=O)c3ccc4c(c3)NC(=O)C(=Cc3ccccc3Cl)O4)c2c1. The van der Waals surface area contributed by atoms with E-state index in [4.69, 9.17) is 21.1 Å². The van der Waals surface area contributed by atoms with E-state index in [-0.39, 0.29) is 11.7 Å². The van der Waals surface area contributed by atoms with E-state index in [2.05, 4.69) is 15.6 Å². The molecule has 35 heavy (non-hydrogen) atoms. The van der Waals surface area contributed by atoms with Crippen molar-refractivity contribution in [3.05, 3.63) is 94.3 Å². The van der Waals surface area contributed by atoms with Crippen molar-refractivity contribution in [1.29, 1.82) is 0 Å². The highest BCUT2D eigenvalue weighted by molar-refractivity contribution is 6.32. The molecule has 0 bridgehead atoms. The molecule has 7 nitrogen and oxygen atoms in total. The minimum absolute atomic E-state index is 0.123. The number of rotatable bonds is 6. The van der Waals surface area contributed by atoms with Crippen molar-refractivity contribution in [1.82, 2.24) is 10.3 Å². The van der Waals surface area contributed by atoms with Crippen molar-refractivity contribution >= 4 is 46.1 Å². The Hall–Kier alpha value is -4.23. The second kappa shape index (κ2) is 9.56. The van der Waals surface area contributed by atoms with Crippen LogP contribution in [0.5, 0.6) is 11.5 Å². The van der Waals surface area contributed by atoms with Crippen LogP contribution in [-0.4, -0.2) is 30.5 Å². The van der Waals surface area contributed by atoms with Crippen molar-refractivity contribution in [2.24, 2.45) is 0 Å². The molecule has 2 heterocycles. The maximum Gasteiger partial charge on any atom is 0.291 e. The van der Waals surface area contributed by atoms with E-state index < -0.39 is 5.91 Å². The number of anilines is 1. The number of halogens is 1. The van der Waals surface area contributed by atoms with Gasteiger partial charge in [0, 0.05) is 34.2 Å². The van der Waals surface area contributed by atoms with E-state index in [0.717, 1.165) is 22.2 Å². The van der Waals surface area contributed by atoms with Crippen LogP contribution in [-0.2, 0) is 11.2 Å². The Morgan fingerprint density at radius 3 is 2.83 bits per heavy atom. The summed E-state index contributed by atoms with van der Waals surface area (Å²) >= 11 is 6.18. The highest BCUT2D eigenvalue weighted by Crippen LogP contribution is 2.33. The molecule has 0 fully saturated rings. The fraction of sp³-hybridized carbons (Fsp3) is 0.111. The number of aromatic amines is 1. The number of ether oxygens (including phenoxy) is 2. The Bertz CT molecular complexity index is 1470. The van der Waals surface area contributed by atoms with Crippen LogP contribution < -0.4 is 20.1 Å². The minimum atomic E-state index is -0.412. The van der Waals surface area contributed by atoms with Gasteiger partial charge in [0.05, 0.1) is 12.8 Å². The summed E-state index contributed by atoms with van der Waals surface area (Å²) in [6.07, 6.45) is 4.18. The predicted octanol–water partition coefficient (Wildman–Crippen LogP) is 5.17. The first kappa shape index (κ1) is 22.6. The molecule has 1 aliphatic rings. The average Bonchev–Trinajstić information content (AvgIpc) is 3.27. The zero-order chi connectivity index (χ0) is 24.4. The van der Waals surface area contributed by atoms with E-state index >= 15 is 0 Å². The summed E-state index contributed by atoms with van der Waals surface area (Å²) in [4.78, 5) is 28.5. The predicted molar refractivity (Wildman–Crippen MR) is 136 cm³/mol. The number of hydrogen-bond donors (Lipinski definition) is 3. The van der Waals surface area contributed by atoms with E-state index in [0.29, 0.717) is 40.6 Å². The first-order chi connectivity index (χ1) is 17.0. The number of nitrogens with one attached hydrogen (secondary N) is 3. The van der Waals surface area contributed by atoms with Gasteiger partial charge in [0.2, 0.25) is 0 Å². The standard InChI is InChI=1S/C27H22ClN3O4/c1-34-19-7-8-22-20(14-19)18(15-30-22)10-11-29-26(32)17-6-9-24-23(12-17)31-27(33)25(35-24)13-16-4-2-3-5-21(16)28/h2-9,12-15,30H,10-11H2,1H3,(H,29,32)(H,31,33). The van der Waals surface area contributed by atoms with Crippen LogP contribution in [0, 0.1) is 0 Å². The molecular formula is C27H22ClN3O4. The number of carbonyl (C=O) groups is 2. The smallest absolute Gasteiger partial charge is 0.291 e. The molecule has 2 amide bonds. The van der Waals surface area contributed by atoms with E-state index in [1.807, 2.05) is 36.5 Å². The lowest BCUT2D eigenvalue weighted by molar-refractivity contribution is -0.115.